The van der Waals surface area contributed by atoms with Crippen LogP contribution in [-0.4, -0.2) is 20.8 Å². The molecular formula is C13H18BrNO2. The summed E-state index contributed by atoms with van der Waals surface area (Å²) < 4.78 is 11.9. The predicted octanol–water partition coefficient (Wildman–Crippen LogP) is 3.28. The van der Waals surface area contributed by atoms with Gasteiger partial charge in [-0.05, 0) is 31.5 Å². The van der Waals surface area contributed by atoms with E-state index < -0.39 is 0 Å². The fourth-order valence-electron chi connectivity index (χ4n) is 2.35. The van der Waals surface area contributed by atoms with Crippen molar-refractivity contribution < 1.29 is 9.47 Å². The standard InChI is InChI=1S/C13H18BrNO2/c1-16-11-7-6-9(14)12(13(11)17-2)10-5-3-4-8-15-10/h6-7,10,15H,3-5,8H2,1-2H3. The number of methoxy groups -OCH3 is 2. The van der Waals surface area contributed by atoms with Crippen molar-refractivity contribution in [2.75, 3.05) is 20.8 Å². The van der Waals surface area contributed by atoms with Crippen molar-refractivity contribution in [3.63, 3.8) is 0 Å². The lowest BCUT2D eigenvalue weighted by atomic mass is 9.96. The lowest BCUT2D eigenvalue weighted by molar-refractivity contribution is 0.337. The van der Waals surface area contributed by atoms with Crippen LogP contribution >= 0.6 is 15.9 Å². The number of ether oxygens (including phenoxy) is 2. The topological polar surface area (TPSA) is 30.5 Å². The molecule has 4 heteroatoms. The maximum absolute atomic E-state index is 5.51. The Hall–Kier alpha value is -0.740. The van der Waals surface area contributed by atoms with Crippen LogP contribution in [0.1, 0.15) is 30.9 Å². The van der Waals surface area contributed by atoms with Gasteiger partial charge in [-0.3, -0.25) is 0 Å². The van der Waals surface area contributed by atoms with Crippen molar-refractivity contribution in [1.82, 2.24) is 5.32 Å². The van der Waals surface area contributed by atoms with Crippen LogP contribution in [0.15, 0.2) is 16.6 Å². The molecule has 1 atom stereocenters. The first kappa shape index (κ1) is 12.7. The maximum Gasteiger partial charge on any atom is 0.166 e. The lowest BCUT2D eigenvalue weighted by Gasteiger charge is -2.27. The molecule has 0 spiro atoms. The van der Waals surface area contributed by atoms with E-state index in [9.17, 15) is 0 Å². The highest BCUT2D eigenvalue weighted by molar-refractivity contribution is 9.10. The fraction of sp³-hybridized carbons (Fsp3) is 0.538. The van der Waals surface area contributed by atoms with Gasteiger partial charge in [0.05, 0.1) is 14.2 Å². The van der Waals surface area contributed by atoms with E-state index in [0.717, 1.165) is 28.9 Å². The highest BCUT2D eigenvalue weighted by atomic mass is 79.9. The van der Waals surface area contributed by atoms with Gasteiger partial charge in [-0.1, -0.05) is 22.4 Å². The summed E-state index contributed by atoms with van der Waals surface area (Å²) in [6.07, 6.45) is 3.65. The zero-order chi connectivity index (χ0) is 12.3. The average Bonchev–Trinajstić information content (AvgIpc) is 2.39. The molecule has 17 heavy (non-hydrogen) atoms. The van der Waals surface area contributed by atoms with Crippen LogP contribution in [0, 0.1) is 0 Å². The summed E-state index contributed by atoms with van der Waals surface area (Å²) in [5.41, 5.74) is 1.17. The van der Waals surface area contributed by atoms with Crippen LogP contribution in [0.25, 0.3) is 0 Å². The molecule has 0 radical (unpaired) electrons. The molecule has 0 saturated carbocycles. The second-order valence-electron chi connectivity index (χ2n) is 4.20. The average molecular weight is 300 g/mol. The molecule has 1 aromatic rings. The summed E-state index contributed by atoms with van der Waals surface area (Å²) in [5.74, 6) is 1.62. The predicted molar refractivity (Wildman–Crippen MR) is 71.8 cm³/mol. The first-order valence-corrected chi connectivity index (χ1v) is 6.71. The van der Waals surface area contributed by atoms with Gasteiger partial charge in [-0.2, -0.15) is 0 Å². The third-order valence-electron chi connectivity index (χ3n) is 3.19. The molecule has 1 heterocycles. The Morgan fingerprint density at radius 2 is 2.06 bits per heavy atom. The van der Waals surface area contributed by atoms with Gasteiger partial charge in [0.25, 0.3) is 0 Å². The Morgan fingerprint density at radius 3 is 2.65 bits per heavy atom. The summed E-state index contributed by atoms with van der Waals surface area (Å²) in [7, 11) is 3.36. The van der Waals surface area contributed by atoms with E-state index in [0.29, 0.717) is 6.04 Å². The van der Waals surface area contributed by atoms with Gasteiger partial charge < -0.3 is 14.8 Å². The normalized spacial score (nSPS) is 20.1. The van der Waals surface area contributed by atoms with Gasteiger partial charge in [-0.15, -0.1) is 0 Å². The van der Waals surface area contributed by atoms with E-state index in [1.54, 1.807) is 14.2 Å². The molecule has 0 aliphatic carbocycles. The van der Waals surface area contributed by atoms with Crippen LogP contribution < -0.4 is 14.8 Å². The number of nitrogens with one attached hydrogen (secondary N) is 1. The summed E-state index contributed by atoms with van der Waals surface area (Å²) in [6.45, 7) is 1.07. The Labute approximate surface area is 111 Å². The number of benzene rings is 1. The van der Waals surface area contributed by atoms with Gasteiger partial charge in [0.2, 0.25) is 0 Å². The third kappa shape index (κ3) is 2.58. The molecule has 2 rings (SSSR count). The number of hydrogen-bond donors (Lipinski definition) is 1. The van der Waals surface area contributed by atoms with Gasteiger partial charge in [0.1, 0.15) is 0 Å². The fourth-order valence-corrected chi connectivity index (χ4v) is 2.94. The molecule has 1 unspecified atom stereocenters. The molecule has 1 aliphatic heterocycles. The van der Waals surface area contributed by atoms with Gasteiger partial charge in [0.15, 0.2) is 11.5 Å². The molecule has 1 N–H and O–H groups in total. The molecular weight excluding hydrogens is 282 g/mol. The Balaban J connectivity index is 2.41. The Morgan fingerprint density at radius 1 is 1.24 bits per heavy atom. The molecule has 94 valence electrons. The van der Waals surface area contributed by atoms with Crippen molar-refractivity contribution in [3.8, 4) is 11.5 Å². The number of hydrogen-bond acceptors (Lipinski definition) is 3. The van der Waals surface area contributed by atoms with Crippen molar-refractivity contribution in [2.24, 2.45) is 0 Å². The minimum Gasteiger partial charge on any atom is -0.493 e. The van der Waals surface area contributed by atoms with E-state index in [4.69, 9.17) is 9.47 Å². The largest absolute Gasteiger partial charge is 0.493 e. The zero-order valence-electron chi connectivity index (χ0n) is 10.3. The molecule has 1 aliphatic rings. The van der Waals surface area contributed by atoms with E-state index in [-0.39, 0.29) is 0 Å². The zero-order valence-corrected chi connectivity index (χ0v) is 11.8. The smallest absolute Gasteiger partial charge is 0.166 e. The van der Waals surface area contributed by atoms with Crippen LogP contribution in [0.5, 0.6) is 11.5 Å². The van der Waals surface area contributed by atoms with E-state index in [1.165, 1.54) is 18.4 Å². The molecule has 0 aromatic heterocycles. The summed E-state index contributed by atoms with van der Waals surface area (Å²) in [6, 6.07) is 4.30. The molecule has 0 amide bonds. The summed E-state index contributed by atoms with van der Waals surface area (Å²) in [4.78, 5) is 0. The van der Waals surface area contributed by atoms with E-state index >= 15 is 0 Å². The summed E-state index contributed by atoms with van der Waals surface area (Å²) in [5, 5.41) is 3.54. The molecule has 1 saturated heterocycles. The van der Waals surface area contributed by atoms with Gasteiger partial charge in [0, 0.05) is 16.1 Å². The van der Waals surface area contributed by atoms with Gasteiger partial charge >= 0.3 is 0 Å². The van der Waals surface area contributed by atoms with Crippen molar-refractivity contribution in [3.05, 3.63) is 22.2 Å². The van der Waals surface area contributed by atoms with Crippen molar-refractivity contribution in [2.45, 2.75) is 25.3 Å². The molecule has 0 bridgehead atoms. The molecule has 1 fully saturated rings. The van der Waals surface area contributed by atoms with E-state index in [1.807, 2.05) is 12.1 Å². The lowest BCUT2D eigenvalue weighted by Crippen LogP contribution is -2.27. The summed E-state index contributed by atoms with van der Waals surface area (Å²) >= 11 is 3.61. The first-order chi connectivity index (χ1) is 8.27. The Bertz CT molecular complexity index is 389. The first-order valence-electron chi connectivity index (χ1n) is 5.91. The highest BCUT2D eigenvalue weighted by Crippen LogP contribution is 2.41. The van der Waals surface area contributed by atoms with Crippen LogP contribution in [0.2, 0.25) is 0 Å². The number of piperidine rings is 1. The molecule has 1 aromatic carbocycles. The SMILES string of the molecule is COc1ccc(Br)c(C2CCCCN2)c1OC. The second-order valence-corrected chi connectivity index (χ2v) is 5.05. The van der Waals surface area contributed by atoms with E-state index in [2.05, 4.69) is 21.2 Å². The van der Waals surface area contributed by atoms with Crippen LogP contribution in [0.3, 0.4) is 0 Å². The third-order valence-corrected chi connectivity index (χ3v) is 3.88. The molecule has 3 nitrogen and oxygen atoms in total. The maximum atomic E-state index is 5.51. The van der Waals surface area contributed by atoms with Crippen LogP contribution in [0.4, 0.5) is 0 Å². The second kappa shape index (κ2) is 5.74. The monoisotopic (exact) mass is 299 g/mol. The van der Waals surface area contributed by atoms with Crippen molar-refractivity contribution >= 4 is 15.9 Å². The number of rotatable bonds is 3. The van der Waals surface area contributed by atoms with Crippen molar-refractivity contribution in [1.29, 1.82) is 0 Å². The number of halogens is 1. The van der Waals surface area contributed by atoms with Gasteiger partial charge in [-0.25, -0.2) is 0 Å². The minimum absolute atomic E-state index is 0.350. The minimum atomic E-state index is 0.350. The highest BCUT2D eigenvalue weighted by Gasteiger charge is 2.23. The van der Waals surface area contributed by atoms with Crippen LogP contribution in [-0.2, 0) is 0 Å². The Kier molecular flexibility index (Phi) is 4.29. The quantitative estimate of drug-likeness (QED) is 0.929.